The van der Waals surface area contributed by atoms with Crippen molar-refractivity contribution in [3.05, 3.63) is 47.8 Å². The average molecular weight is 402 g/mol. The molecular formula is C20H21FN3O5+. The van der Waals surface area contributed by atoms with Gasteiger partial charge in [0.05, 0.1) is 12.7 Å². The summed E-state index contributed by atoms with van der Waals surface area (Å²) in [5, 5.41) is 5.27. The average Bonchev–Trinajstić information content (AvgIpc) is 3.07. The maximum absolute atomic E-state index is 13.2. The van der Waals surface area contributed by atoms with Crippen LogP contribution in [0.15, 0.2) is 36.4 Å². The number of carbonyl (C=O) groups excluding carboxylic acids is 3. The standard InChI is InChI=1S/C20H20FN3O5/c1-12(25)15-7-17-18(29-11-28-17)8-16(15)23-20(27)10-24(2)9-19(26)22-14-5-3-4-13(21)6-14/h3-8H,9-11H2,1-2H3,(H,22,26)(H,23,27)/p+1. The van der Waals surface area contributed by atoms with Crippen LogP contribution in [0.1, 0.15) is 17.3 Å². The Kier molecular flexibility index (Phi) is 6.08. The van der Waals surface area contributed by atoms with Crippen molar-refractivity contribution in [3.8, 4) is 11.5 Å². The van der Waals surface area contributed by atoms with E-state index in [2.05, 4.69) is 10.6 Å². The van der Waals surface area contributed by atoms with Crippen molar-refractivity contribution in [1.29, 1.82) is 0 Å². The largest absolute Gasteiger partial charge is 0.454 e. The third-order valence-corrected chi connectivity index (χ3v) is 4.20. The minimum absolute atomic E-state index is 0.00460. The first-order valence-corrected chi connectivity index (χ1v) is 8.93. The molecule has 152 valence electrons. The summed E-state index contributed by atoms with van der Waals surface area (Å²) in [7, 11) is 1.68. The van der Waals surface area contributed by atoms with Gasteiger partial charge in [-0.15, -0.1) is 0 Å². The van der Waals surface area contributed by atoms with E-state index in [0.717, 1.165) is 0 Å². The highest BCUT2D eigenvalue weighted by atomic mass is 19.1. The lowest BCUT2D eigenvalue weighted by molar-refractivity contribution is -0.862. The number of anilines is 2. The summed E-state index contributed by atoms with van der Waals surface area (Å²) in [5.74, 6) is -0.511. The Hall–Kier alpha value is -3.46. The van der Waals surface area contributed by atoms with Gasteiger partial charge in [-0.2, -0.15) is 0 Å². The van der Waals surface area contributed by atoms with Gasteiger partial charge >= 0.3 is 0 Å². The molecule has 3 N–H and O–H groups in total. The van der Waals surface area contributed by atoms with Crippen LogP contribution in [0.3, 0.4) is 0 Å². The molecule has 1 heterocycles. The number of hydrogen-bond acceptors (Lipinski definition) is 5. The number of hydrogen-bond donors (Lipinski definition) is 3. The van der Waals surface area contributed by atoms with Gasteiger partial charge in [-0.1, -0.05) is 6.07 Å². The van der Waals surface area contributed by atoms with Crippen molar-refractivity contribution in [1.82, 2.24) is 0 Å². The molecule has 29 heavy (non-hydrogen) atoms. The third kappa shape index (κ3) is 5.29. The summed E-state index contributed by atoms with van der Waals surface area (Å²) >= 11 is 0. The highest BCUT2D eigenvalue weighted by molar-refractivity contribution is 6.04. The number of likely N-dealkylation sites (N-methyl/N-ethyl adjacent to an activating group) is 1. The SMILES string of the molecule is CC(=O)c1cc2c(cc1NC(=O)C[NH+](C)CC(=O)Nc1cccc(F)c1)OCO2. The lowest BCUT2D eigenvalue weighted by atomic mass is 10.1. The van der Waals surface area contributed by atoms with E-state index < -0.39 is 5.82 Å². The van der Waals surface area contributed by atoms with Crippen molar-refractivity contribution >= 4 is 29.0 Å². The van der Waals surface area contributed by atoms with E-state index in [4.69, 9.17) is 9.47 Å². The van der Waals surface area contributed by atoms with Crippen LogP contribution in [0.4, 0.5) is 15.8 Å². The number of rotatable bonds is 7. The zero-order valence-electron chi connectivity index (χ0n) is 16.0. The van der Waals surface area contributed by atoms with Crippen molar-refractivity contribution < 1.29 is 33.1 Å². The molecule has 0 aliphatic carbocycles. The van der Waals surface area contributed by atoms with E-state index in [0.29, 0.717) is 33.3 Å². The summed E-state index contributed by atoms with van der Waals surface area (Å²) in [4.78, 5) is 37.0. The minimum Gasteiger partial charge on any atom is -0.454 e. The number of carbonyl (C=O) groups is 3. The number of ether oxygens (including phenoxy) is 2. The van der Waals surface area contributed by atoms with Crippen LogP contribution in [-0.2, 0) is 9.59 Å². The Morgan fingerprint density at radius 1 is 1.03 bits per heavy atom. The maximum Gasteiger partial charge on any atom is 0.279 e. The number of benzene rings is 2. The predicted octanol–water partition coefficient (Wildman–Crippen LogP) is 0.849. The molecule has 0 spiro atoms. The first kappa shape index (κ1) is 20.3. The molecule has 1 aliphatic heterocycles. The fourth-order valence-corrected chi connectivity index (χ4v) is 2.91. The van der Waals surface area contributed by atoms with E-state index in [9.17, 15) is 18.8 Å². The first-order chi connectivity index (χ1) is 13.8. The number of ketones is 1. The van der Waals surface area contributed by atoms with Crippen molar-refractivity contribution in [2.75, 3.05) is 37.6 Å². The molecule has 0 saturated carbocycles. The smallest absolute Gasteiger partial charge is 0.279 e. The molecule has 1 aliphatic rings. The monoisotopic (exact) mass is 402 g/mol. The summed E-state index contributed by atoms with van der Waals surface area (Å²) in [6.45, 7) is 1.44. The highest BCUT2D eigenvalue weighted by Gasteiger charge is 2.21. The highest BCUT2D eigenvalue weighted by Crippen LogP contribution is 2.37. The predicted molar refractivity (Wildman–Crippen MR) is 103 cm³/mol. The molecule has 2 aromatic rings. The van der Waals surface area contributed by atoms with E-state index in [1.165, 1.54) is 31.2 Å². The summed E-state index contributed by atoms with van der Waals surface area (Å²) in [6, 6.07) is 8.64. The van der Waals surface area contributed by atoms with Crippen molar-refractivity contribution in [2.24, 2.45) is 0 Å². The molecule has 0 saturated heterocycles. The number of quaternary nitrogens is 1. The molecule has 2 amide bonds. The first-order valence-electron chi connectivity index (χ1n) is 8.93. The van der Waals surface area contributed by atoms with Gasteiger partial charge in [-0.3, -0.25) is 14.4 Å². The molecule has 8 nitrogen and oxygen atoms in total. The molecule has 1 unspecified atom stereocenters. The van der Waals surface area contributed by atoms with Crippen LogP contribution in [0, 0.1) is 5.82 Å². The zero-order valence-corrected chi connectivity index (χ0v) is 16.0. The van der Waals surface area contributed by atoms with Crippen molar-refractivity contribution in [2.45, 2.75) is 6.92 Å². The topological polar surface area (TPSA) is 98.2 Å². The Morgan fingerprint density at radius 2 is 1.69 bits per heavy atom. The fraction of sp³-hybridized carbons (Fsp3) is 0.250. The van der Waals surface area contributed by atoms with E-state index in [1.807, 2.05) is 0 Å². The summed E-state index contributed by atoms with van der Waals surface area (Å²) in [5.41, 5.74) is 0.978. The summed E-state index contributed by atoms with van der Waals surface area (Å²) in [6.07, 6.45) is 0. The molecule has 0 fully saturated rings. The Morgan fingerprint density at radius 3 is 2.34 bits per heavy atom. The van der Waals surface area contributed by atoms with Crippen LogP contribution < -0.4 is 25.0 Å². The molecule has 1 atom stereocenters. The lowest BCUT2D eigenvalue weighted by Gasteiger charge is -2.15. The van der Waals surface area contributed by atoms with Gasteiger partial charge in [0.2, 0.25) is 6.79 Å². The van der Waals surface area contributed by atoms with Gasteiger partial charge in [-0.25, -0.2) is 4.39 Å². The quantitative estimate of drug-likeness (QED) is 0.597. The van der Waals surface area contributed by atoms with Gasteiger partial charge < -0.3 is 25.0 Å². The van der Waals surface area contributed by atoms with Gasteiger partial charge in [0.25, 0.3) is 11.8 Å². The normalized spacial score (nSPS) is 12.9. The van der Waals surface area contributed by atoms with Gasteiger partial charge in [-0.05, 0) is 31.2 Å². The Labute approximate surface area is 166 Å². The summed E-state index contributed by atoms with van der Waals surface area (Å²) < 4.78 is 23.7. The van der Waals surface area contributed by atoms with Crippen LogP contribution in [0.5, 0.6) is 11.5 Å². The Bertz CT molecular complexity index is 963. The van der Waals surface area contributed by atoms with Crippen LogP contribution >= 0.6 is 0 Å². The number of Topliss-reactive ketones (excluding diaryl/α,β-unsaturated/α-hetero) is 1. The number of halogens is 1. The second-order valence-electron chi connectivity index (χ2n) is 6.72. The second kappa shape index (κ2) is 8.70. The van der Waals surface area contributed by atoms with E-state index in [1.54, 1.807) is 19.2 Å². The maximum atomic E-state index is 13.2. The molecular weight excluding hydrogens is 381 g/mol. The minimum atomic E-state index is -0.451. The molecule has 9 heteroatoms. The fourth-order valence-electron chi connectivity index (χ4n) is 2.91. The van der Waals surface area contributed by atoms with Gasteiger partial charge in [0.1, 0.15) is 5.82 Å². The molecule has 0 bridgehead atoms. The molecule has 2 aromatic carbocycles. The number of nitrogens with one attached hydrogen (secondary N) is 3. The molecule has 3 rings (SSSR count). The van der Waals surface area contributed by atoms with Crippen LogP contribution in [-0.4, -0.2) is 44.5 Å². The second-order valence-corrected chi connectivity index (χ2v) is 6.72. The molecule has 0 radical (unpaired) electrons. The Balaban J connectivity index is 1.58. The zero-order chi connectivity index (χ0) is 21.0. The molecule has 0 aromatic heterocycles. The lowest BCUT2D eigenvalue weighted by Crippen LogP contribution is -3.11. The van der Waals surface area contributed by atoms with Crippen LogP contribution in [0.2, 0.25) is 0 Å². The van der Waals surface area contributed by atoms with Crippen LogP contribution in [0.25, 0.3) is 0 Å². The number of amides is 2. The van der Waals surface area contributed by atoms with E-state index in [-0.39, 0.29) is 37.5 Å². The number of fused-ring (bicyclic) bond motifs is 1. The third-order valence-electron chi connectivity index (χ3n) is 4.20. The van der Waals surface area contributed by atoms with E-state index >= 15 is 0 Å². The van der Waals surface area contributed by atoms with Gasteiger partial charge in [0, 0.05) is 17.3 Å². The van der Waals surface area contributed by atoms with Crippen molar-refractivity contribution in [3.63, 3.8) is 0 Å². The van der Waals surface area contributed by atoms with Gasteiger partial charge in [0.15, 0.2) is 30.4 Å².